The van der Waals surface area contributed by atoms with Gasteiger partial charge in [-0.15, -0.1) is 11.3 Å². The molecule has 0 atom stereocenters. The summed E-state index contributed by atoms with van der Waals surface area (Å²) in [5.74, 6) is -0.0846. The maximum absolute atomic E-state index is 12.3. The molecular weight excluding hydrogens is 336 g/mol. The van der Waals surface area contributed by atoms with Crippen LogP contribution in [0.15, 0.2) is 45.0 Å². The Hall–Kier alpha value is -2.16. The zero-order chi connectivity index (χ0) is 16.6. The Morgan fingerprint density at radius 3 is 2.65 bits per heavy atom. The maximum Gasteiger partial charge on any atom is 0.287 e. The molecule has 0 unspecified atom stereocenters. The fraction of sp³-hybridized carbons (Fsp3) is 0.133. The molecule has 6 nitrogen and oxygen atoms in total. The minimum atomic E-state index is -3.71. The van der Waals surface area contributed by atoms with Crippen LogP contribution in [0.4, 0.5) is 0 Å². The molecule has 8 heteroatoms. The molecule has 2 heterocycles. The summed E-state index contributed by atoms with van der Waals surface area (Å²) in [6, 6.07) is 10.5. The molecule has 0 saturated carbocycles. The van der Waals surface area contributed by atoms with Gasteiger partial charge in [0.2, 0.25) is 10.0 Å². The summed E-state index contributed by atoms with van der Waals surface area (Å²) in [6.07, 6.45) is 0. The fourth-order valence-electron chi connectivity index (χ4n) is 2.24. The monoisotopic (exact) mass is 350 g/mol. The van der Waals surface area contributed by atoms with Crippen LogP contribution in [0.2, 0.25) is 0 Å². The third-order valence-corrected chi connectivity index (χ3v) is 5.91. The van der Waals surface area contributed by atoms with Gasteiger partial charge in [-0.3, -0.25) is 4.79 Å². The van der Waals surface area contributed by atoms with Gasteiger partial charge in [-0.25, -0.2) is 13.6 Å². The van der Waals surface area contributed by atoms with Crippen molar-refractivity contribution in [1.29, 1.82) is 0 Å². The van der Waals surface area contributed by atoms with Crippen molar-refractivity contribution in [3.05, 3.63) is 52.6 Å². The number of hydrogen-bond acceptors (Lipinski definition) is 5. The van der Waals surface area contributed by atoms with E-state index >= 15 is 0 Å². The number of fused-ring (bicyclic) bond motifs is 1. The smallest absolute Gasteiger partial charge is 0.287 e. The van der Waals surface area contributed by atoms with Crippen molar-refractivity contribution in [2.45, 2.75) is 17.7 Å². The largest absolute Gasteiger partial charge is 0.451 e. The van der Waals surface area contributed by atoms with Gasteiger partial charge >= 0.3 is 0 Å². The van der Waals surface area contributed by atoms with E-state index in [-0.39, 0.29) is 22.4 Å². The van der Waals surface area contributed by atoms with Crippen LogP contribution in [0.1, 0.15) is 21.0 Å². The van der Waals surface area contributed by atoms with Gasteiger partial charge in [-0.1, -0.05) is 18.2 Å². The number of primary sulfonamides is 1. The predicted molar refractivity (Wildman–Crippen MR) is 87.8 cm³/mol. The summed E-state index contributed by atoms with van der Waals surface area (Å²) in [5.41, 5.74) is 1.43. The average Bonchev–Trinajstić information content (AvgIpc) is 3.10. The number of nitrogens with two attached hydrogens (primary N) is 1. The van der Waals surface area contributed by atoms with Crippen LogP contribution in [0, 0.1) is 6.92 Å². The number of sulfonamides is 1. The Balaban J connectivity index is 1.76. The number of carbonyl (C=O) groups excluding carboxylic acids is 1. The SMILES string of the molecule is Cc1c(C(=O)NCc2ccc(S(N)(=O)=O)s2)oc2ccccc12. The van der Waals surface area contributed by atoms with E-state index in [0.29, 0.717) is 10.5 Å². The third kappa shape index (κ3) is 3.14. The highest BCUT2D eigenvalue weighted by Crippen LogP contribution is 2.25. The van der Waals surface area contributed by atoms with Crippen molar-refractivity contribution >= 4 is 38.2 Å². The molecule has 120 valence electrons. The second kappa shape index (κ2) is 5.80. The Morgan fingerprint density at radius 1 is 1.26 bits per heavy atom. The van der Waals surface area contributed by atoms with Gasteiger partial charge in [0.25, 0.3) is 5.91 Å². The van der Waals surface area contributed by atoms with E-state index in [4.69, 9.17) is 9.56 Å². The molecular formula is C15H14N2O4S2. The Bertz CT molecular complexity index is 986. The number of hydrogen-bond donors (Lipinski definition) is 2. The van der Waals surface area contributed by atoms with Gasteiger partial charge in [0.05, 0.1) is 6.54 Å². The van der Waals surface area contributed by atoms with E-state index < -0.39 is 10.0 Å². The van der Waals surface area contributed by atoms with Gasteiger partial charge in [-0.2, -0.15) is 0 Å². The van der Waals surface area contributed by atoms with Crippen LogP contribution in [0.25, 0.3) is 11.0 Å². The highest BCUT2D eigenvalue weighted by atomic mass is 32.2. The molecule has 3 rings (SSSR count). The average molecular weight is 350 g/mol. The van der Waals surface area contributed by atoms with Crippen LogP contribution in [0.3, 0.4) is 0 Å². The first-order valence-electron chi connectivity index (χ1n) is 6.74. The summed E-state index contributed by atoms with van der Waals surface area (Å²) in [7, 11) is -3.71. The summed E-state index contributed by atoms with van der Waals surface area (Å²) >= 11 is 1.03. The fourth-order valence-corrected chi connectivity index (χ4v) is 3.96. The molecule has 0 saturated heterocycles. The normalized spacial score (nSPS) is 11.7. The number of thiophene rings is 1. The molecule has 0 aliphatic heterocycles. The van der Waals surface area contributed by atoms with Gasteiger partial charge in [0.1, 0.15) is 9.79 Å². The minimum absolute atomic E-state index is 0.0710. The first kappa shape index (κ1) is 15.7. The molecule has 3 N–H and O–H groups in total. The van der Waals surface area contributed by atoms with Crippen LogP contribution < -0.4 is 10.5 Å². The van der Waals surface area contributed by atoms with Crippen molar-refractivity contribution in [1.82, 2.24) is 5.32 Å². The molecule has 0 radical (unpaired) electrons. The Kier molecular flexibility index (Phi) is 3.97. The summed E-state index contributed by atoms with van der Waals surface area (Å²) in [6.45, 7) is 2.03. The Morgan fingerprint density at radius 2 is 2.00 bits per heavy atom. The second-order valence-corrected chi connectivity index (χ2v) is 7.96. The molecule has 0 aliphatic carbocycles. The zero-order valence-corrected chi connectivity index (χ0v) is 13.8. The number of benzene rings is 1. The van der Waals surface area contributed by atoms with E-state index in [9.17, 15) is 13.2 Å². The Labute approximate surface area is 137 Å². The summed E-state index contributed by atoms with van der Waals surface area (Å²) in [5, 5.41) is 8.68. The standard InChI is InChI=1S/C15H14N2O4S2/c1-9-11-4-2-3-5-12(11)21-14(9)15(18)17-8-10-6-7-13(22-10)23(16,19)20/h2-7H,8H2,1H3,(H,17,18)(H2,16,19,20). The molecule has 0 fully saturated rings. The van der Waals surface area contributed by atoms with Crippen molar-refractivity contribution < 1.29 is 17.6 Å². The van der Waals surface area contributed by atoms with Gasteiger partial charge in [-0.05, 0) is 25.1 Å². The number of aryl methyl sites for hydroxylation is 1. The number of nitrogens with one attached hydrogen (secondary N) is 1. The molecule has 0 aliphatic rings. The van der Waals surface area contributed by atoms with Crippen LogP contribution in [-0.4, -0.2) is 14.3 Å². The lowest BCUT2D eigenvalue weighted by molar-refractivity contribution is 0.0925. The van der Waals surface area contributed by atoms with Crippen molar-refractivity contribution in [2.75, 3.05) is 0 Å². The van der Waals surface area contributed by atoms with Crippen molar-refractivity contribution in [2.24, 2.45) is 5.14 Å². The lowest BCUT2D eigenvalue weighted by Gasteiger charge is -2.01. The summed E-state index contributed by atoms with van der Waals surface area (Å²) < 4.78 is 28.1. The molecule has 0 bridgehead atoms. The third-order valence-electron chi connectivity index (χ3n) is 3.39. The van der Waals surface area contributed by atoms with Crippen LogP contribution >= 0.6 is 11.3 Å². The lowest BCUT2D eigenvalue weighted by Crippen LogP contribution is -2.22. The molecule has 23 heavy (non-hydrogen) atoms. The van der Waals surface area contributed by atoms with Crippen molar-refractivity contribution in [3.8, 4) is 0 Å². The molecule has 1 aromatic carbocycles. The topological polar surface area (TPSA) is 102 Å². The maximum atomic E-state index is 12.3. The highest BCUT2D eigenvalue weighted by Gasteiger charge is 2.18. The van der Waals surface area contributed by atoms with Gasteiger partial charge < -0.3 is 9.73 Å². The quantitative estimate of drug-likeness (QED) is 0.754. The van der Waals surface area contributed by atoms with E-state index in [1.165, 1.54) is 6.07 Å². The first-order valence-corrected chi connectivity index (χ1v) is 9.10. The van der Waals surface area contributed by atoms with Crippen LogP contribution in [-0.2, 0) is 16.6 Å². The number of rotatable bonds is 4. The van der Waals surface area contributed by atoms with Gasteiger partial charge in [0.15, 0.2) is 5.76 Å². The molecule has 1 amide bonds. The van der Waals surface area contributed by atoms with E-state index in [2.05, 4.69) is 5.32 Å². The minimum Gasteiger partial charge on any atom is -0.451 e. The van der Waals surface area contributed by atoms with E-state index in [1.807, 2.05) is 25.1 Å². The zero-order valence-electron chi connectivity index (χ0n) is 12.2. The van der Waals surface area contributed by atoms with Gasteiger partial charge in [0, 0.05) is 15.8 Å². The highest BCUT2D eigenvalue weighted by molar-refractivity contribution is 7.91. The number of carbonyl (C=O) groups is 1. The predicted octanol–water partition coefficient (Wildman–Crippen LogP) is 2.38. The first-order chi connectivity index (χ1) is 10.9. The van der Waals surface area contributed by atoms with Crippen LogP contribution in [0.5, 0.6) is 0 Å². The van der Waals surface area contributed by atoms with Crippen molar-refractivity contribution in [3.63, 3.8) is 0 Å². The van der Waals surface area contributed by atoms with E-state index in [1.54, 1.807) is 12.1 Å². The molecule has 3 aromatic rings. The number of para-hydroxylation sites is 1. The lowest BCUT2D eigenvalue weighted by atomic mass is 10.1. The number of amides is 1. The molecule has 2 aromatic heterocycles. The summed E-state index contributed by atoms with van der Waals surface area (Å²) in [4.78, 5) is 13.0. The number of furan rings is 1. The van der Waals surface area contributed by atoms with E-state index in [0.717, 1.165) is 22.3 Å². The second-order valence-electron chi connectivity index (χ2n) is 5.00. The molecule has 0 spiro atoms.